The molecule has 1 N–H and O–H groups in total. The van der Waals surface area contributed by atoms with Crippen molar-refractivity contribution in [1.82, 2.24) is 9.88 Å². The van der Waals surface area contributed by atoms with Gasteiger partial charge in [0.25, 0.3) is 0 Å². The van der Waals surface area contributed by atoms with E-state index in [1.165, 1.54) is 37.9 Å². The third kappa shape index (κ3) is 3.98. The molecule has 1 aliphatic rings. The molecule has 100 valence electrons. The highest BCUT2D eigenvalue weighted by atomic mass is 15.1. The summed E-state index contributed by atoms with van der Waals surface area (Å²) in [6.07, 6.45) is 7.57. The van der Waals surface area contributed by atoms with Crippen LogP contribution < -0.4 is 5.32 Å². The molecular weight excluding hydrogens is 222 g/mol. The van der Waals surface area contributed by atoms with Gasteiger partial charge < -0.3 is 10.2 Å². The molecule has 3 nitrogen and oxygen atoms in total. The Morgan fingerprint density at radius 1 is 1.39 bits per heavy atom. The van der Waals surface area contributed by atoms with Gasteiger partial charge in [0.05, 0.1) is 5.69 Å². The van der Waals surface area contributed by atoms with Gasteiger partial charge in [0, 0.05) is 31.5 Å². The molecule has 0 saturated heterocycles. The predicted molar refractivity (Wildman–Crippen MR) is 76.7 cm³/mol. The van der Waals surface area contributed by atoms with Crippen LogP contribution in [0.1, 0.15) is 38.3 Å². The second-order valence-corrected chi connectivity index (χ2v) is 5.41. The average molecular weight is 247 g/mol. The summed E-state index contributed by atoms with van der Waals surface area (Å²) in [4.78, 5) is 6.87. The summed E-state index contributed by atoms with van der Waals surface area (Å²) in [6.45, 7) is 5.25. The molecule has 0 unspecified atom stereocenters. The van der Waals surface area contributed by atoms with E-state index in [4.69, 9.17) is 0 Å². The normalized spacial score (nSPS) is 16.4. The standard InChI is InChI=1S/C15H25N3/c1-3-16-14-8-9-17-15(10-14)12-18(2)11-13-6-4-5-7-13/h8-10,13H,3-7,11-12H2,1-2H3,(H,16,17). The molecule has 0 atom stereocenters. The first-order valence-electron chi connectivity index (χ1n) is 7.15. The maximum Gasteiger partial charge on any atom is 0.0564 e. The maximum absolute atomic E-state index is 4.45. The zero-order chi connectivity index (χ0) is 12.8. The zero-order valence-electron chi connectivity index (χ0n) is 11.7. The van der Waals surface area contributed by atoms with Crippen LogP contribution >= 0.6 is 0 Å². The molecule has 18 heavy (non-hydrogen) atoms. The van der Waals surface area contributed by atoms with E-state index in [9.17, 15) is 0 Å². The summed E-state index contributed by atoms with van der Waals surface area (Å²) in [6, 6.07) is 4.19. The number of rotatable bonds is 6. The van der Waals surface area contributed by atoms with Crippen LogP contribution in [-0.4, -0.2) is 30.0 Å². The number of nitrogens with zero attached hydrogens (tertiary/aromatic N) is 2. The van der Waals surface area contributed by atoms with Gasteiger partial charge in [-0.15, -0.1) is 0 Å². The third-order valence-corrected chi connectivity index (χ3v) is 3.67. The summed E-state index contributed by atoms with van der Waals surface area (Å²) >= 11 is 0. The minimum Gasteiger partial charge on any atom is -0.385 e. The van der Waals surface area contributed by atoms with Crippen molar-refractivity contribution in [2.45, 2.75) is 39.2 Å². The Balaban J connectivity index is 1.85. The summed E-state index contributed by atoms with van der Waals surface area (Å²) < 4.78 is 0. The van der Waals surface area contributed by atoms with E-state index in [1.807, 2.05) is 12.3 Å². The van der Waals surface area contributed by atoms with Crippen molar-refractivity contribution in [3.05, 3.63) is 24.0 Å². The zero-order valence-corrected chi connectivity index (χ0v) is 11.7. The Hall–Kier alpha value is -1.09. The smallest absolute Gasteiger partial charge is 0.0564 e. The molecular formula is C15H25N3. The Morgan fingerprint density at radius 3 is 2.89 bits per heavy atom. The van der Waals surface area contributed by atoms with Gasteiger partial charge in [-0.3, -0.25) is 4.98 Å². The third-order valence-electron chi connectivity index (χ3n) is 3.67. The van der Waals surface area contributed by atoms with Crippen LogP contribution in [0.5, 0.6) is 0 Å². The molecule has 1 saturated carbocycles. The lowest BCUT2D eigenvalue weighted by molar-refractivity contribution is 0.268. The van der Waals surface area contributed by atoms with Crippen molar-refractivity contribution < 1.29 is 0 Å². The lowest BCUT2D eigenvalue weighted by Crippen LogP contribution is -2.24. The minimum atomic E-state index is 0.909. The van der Waals surface area contributed by atoms with Gasteiger partial charge in [0.1, 0.15) is 0 Å². The van der Waals surface area contributed by atoms with Crippen molar-refractivity contribution in [2.24, 2.45) is 5.92 Å². The molecule has 2 rings (SSSR count). The molecule has 0 aromatic carbocycles. The quantitative estimate of drug-likeness (QED) is 0.837. The molecule has 1 aliphatic carbocycles. The van der Waals surface area contributed by atoms with E-state index in [0.717, 1.165) is 24.7 Å². The molecule has 0 bridgehead atoms. The van der Waals surface area contributed by atoms with Gasteiger partial charge >= 0.3 is 0 Å². The van der Waals surface area contributed by atoms with Crippen LogP contribution in [0.4, 0.5) is 5.69 Å². The fourth-order valence-electron chi connectivity index (χ4n) is 2.85. The van der Waals surface area contributed by atoms with Crippen molar-refractivity contribution in [2.75, 3.05) is 25.5 Å². The summed E-state index contributed by atoms with van der Waals surface area (Å²) in [5.74, 6) is 0.909. The van der Waals surface area contributed by atoms with Gasteiger partial charge in [-0.05, 0) is 44.9 Å². The predicted octanol–water partition coefficient (Wildman–Crippen LogP) is 3.14. The van der Waals surface area contributed by atoms with Gasteiger partial charge in [-0.2, -0.15) is 0 Å². The van der Waals surface area contributed by atoms with E-state index in [2.05, 4.69) is 35.2 Å². The SMILES string of the molecule is CCNc1ccnc(CN(C)CC2CCCC2)c1. The second kappa shape index (κ2) is 6.74. The van der Waals surface area contributed by atoms with Gasteiger partial charge in [0.2, 0.25) is 0 Å². The fraction of sp³-hybridized carbons (Fsp3) is 0.667. The molecule has 1 fully saturated rings. The van der Waals surface area contributed by atoms with E-state index in [0.29, 0.717) is 0 Å². The number of aromatic nitrogens is 1. The Morgan fingerprint density at radius 2 is 2.17 bits per heavy atom. The lowest BCUT2D eigenvalue weighted by atomic mass is 10.1. The highest BCUT2D eigenvalue weighted by Crippen LogP contribution is 2.25. The molecule has 1 aromatic rings. The number of hydrogen-bond donors (Lipinski definition) is 1. The van der Waals surface area contributed by atoms with Crippen molar-refractivity contribution >= 4 is 5.69 Å². The summed E-state index contributed by atoms with van der Waals surface area (Å²) in [7, 11) is 2.21. The molecule has 0 radical (unpaired) electrons. The first kappa shape index (κ1) is 13.3. The fourth-order valence-corrected chi connectivity index (χ4v) is 2.85. The van der Waals surface area contributed by atoms with E-state index < -0.39 is 0 Å². The van der Waals surface area contributed by atoms with Crippen LogP contribution in [0.25, 0.3) is 0 Å². The highest BCUT2D eigenvalue weighted by Gasteiger charge is 2.16. The first-order valence-corrected chi connectivity index (χ1v) is 7.15. The summed E-state index contributed by atoms with van der Waals surface area (Å²) in [5, 5.41) is 3.34. The molecule has 0 aliphatic heterocycles. The Bertz CT molecular complexity index is 359. The van der Waals surface area contributed by atoms with Crippen LogP contribution in [0, 0.1) is 5.92 Å². The number of pyridine rings is 1. The molecule has 3 heteroatoms. The van der Waals surface area contributed by atoms with Gasteiger partial charge in [0.15, 0.2) is 0 Å². The van der Waals surface area contributed by atoms with Crippen molar-refractivity contribution in [1.29, 1.82) is 0 Å². The molecule has 0 spiro atoms. The number of hydrogen-bond acceptors (Lipinski definition) is 3. The van der Waals surface area contributed by atoms with Crippen LogP contribution in [0.3, 0.4) is 0 Å². The summed E-state index contributed by atoms with van der Waals surface area (Å²) in [5.41, 5.74) is 2.34. The van der Waals surface area contributed by atoms with E-state index in [1.54, 1.807) is 0 Å². The second-order valence-electron chi connectivity index (χ2n) is 5.41. The van der Waals surface area contributed by atoms with Crippen molar-refractivity contribution in [3.63, 3.8) is 0 Å². The Kier molecular flexibility index (Phi) is 5.00. The van der Waals surface area contributed by atoms with Gasteiger partial charge in [-0.1, -0.05) is 12.8 Å². The molecule has 1 heterocycles. The van der Waals surface area contributed by atoms with Crippen LogP contribution in [0.2, 0.25) is 0 Å². The van der Waals surface area contributed by atoms with E-state index >= 15 is 0 Å². The minimum absolute atomic E-state index is 0.909. The lowest BCUT2D eigenvalue weighted by Gasteiger charge is -2.20. The van der Waals surface area contributed by atoms with E-state index in [-0.39, 0.29) is 0 Å². The molecule has 1 aromatic heterocycles. The highest BCUT2D eigenvalue weighted by molar-refractivity contribution is 5.42. The Labute approximate surface area is 111 Å². The molecule has 0 amide bonds. The number of nitrogens with one attached hydrogen (secondary N) is 1. The maximum atomic E-state index is 4.45. The van der Waals surface area contributed by atoms with Gasteiger partial charge in [-0.25, -0.2) is 0 Å². The van der Waals surface area contributed by atoms with Crippen molar-refractivity contribution in [3.8, 4) is 0 Å². The monoisotopic (exact) mass is 247 g/mol. The number of anilines is 1. The largest absolute Gasteiger partial charge is 0.385 e. The van der Waals surface area contributed by atoms with Crippen LogP contribution in [-0.2, 0) is 6.54 Å². The topological polar surface area (TPSA) is 28.2 Å². The first-order chi connectivity index (χ1) is 8.78. The average Bonchev–Trinajstić information content (AvgIpc) is 2.82. The van der Waals surface area contributed by atoms with Crippen LogP contribution in [0.15, 0.2) is 18.3 Å².